The molecule has 0 bridgehead atoms. The fraction of sp³-hybridized carbons (Fsp3) is 0. The summed E-state index contributed by atoms with van der Waals surface area (Å²) in [6.45, 7) is 0. The Bertz CT molecular complexity index is 396. The van der Waals surface area contributed by atoms with Crippen LogP contribution >= 0.6 is 22.9 Å². The molecular weight excluding hydrogens is 180 g/mol. The van der Waals surface area contributed by atoms with Gasteiger partial charge in [-0.05, 0) is 17.5 Å². The molecule has 0 radical (unpaired) electrons. The molecule has 2 N–H and O–H groups in total. The number of nitrogens with two attached hydrogens (primary N) is 1. The molecule has 2 rings (SSSR count). The van der Waals surface area contributed by atoms with E-state index in [1.165, 1.54) is 11.3 Å². The number of pyridine rings is 1. The average Bonchev–Trinajstić information content (AvgIpc) is 2.31. The highest BCUT2D eigenvalue weighted by Gasteiger charge is 2.01. The van der Waals surface area contributed by atoms with Gasteiger partial charge in [0.05, 0.1) is 9.04 Å². The Kier molecular flexibility index (Phi) is 1.47. The molecule has 4 heteroatoms. The van der Waals surface area contributed by atoms with Gasteiger partial charge in [0, 0.05) is 6.20 Å². The number of fused-ring (bicyclic) bond motifs is 1. The van der Waals surface area contributed by atoms with Crippen LogP contribution in [0.5, 0.6) is 0 Å². The monoisotopic (exact) mass is 184 g/mol. The molecule has 2 nitrogen and oxygen atoms in total. The minimum Gasteiger partial charge on any atom is -0.383 e. The number of hydrogen-bond acceptors (Lipinski definition) is 3. The zero-order valence-electron chi connectivity index (χ0n) is 5.54. The molecule has 0 unspecified atom stereocenters. The van der Waals surface area contributed by atoms with Crippen molar-refractivity contribution in [1.82, 2.24) is 4.98 Å². The average molecular weight is 185 g/mol. The molecule has 0 saturated heterocycles. The third-order valence-corrected chi connectivity index (χ3v) is 2.73. The molecule has 0 fully saturated rings. The minimum absolute atomic E-state index is 0.555. The summed E-state index contributed by atoms with van der Waals surface area (Å²) in [4.78, 5) is 3.95. The number of thiophene rings is 1. The zero-order valence-corrected chi connectivity index (χ0v) is 7.12. The van der Waals surface area contributed by atoms with E-state index in [0.29, 0.717) is 5.82 Å². The third-order valence-electron chi connectivity index (χ3n) is 1.43. The second kappa shape index (κ2) is 2.36. The van der Waals surface area contributed by atoms with E-state index in [2.05, 4.69) is 4.98 Å². The van der Waals surface area contributed by atoms with Crippen molar-refractivity contribution in [2.24, 2.45) is 0 Å². The van der Waals surface area contributed by atoms with Crippen molar-refractivity contribution in [2.75, 3.05) is 5.73 Å². The summed E-state index contributed by atoms with van der Waals surface area (Å²) in [6.07, 6.45) is 1.68. The van der Waals surface area contributed by atoms with Gasteiger partial charge in [-0.2, -0.15) is 0 Å². The van der Waals surface area contributed by atoms with Crippen molar-refractivity contribution in [1.29, 1.82) is 0 Å². The standard InChI is InChI=1S/C7H5ClN2S/c8-5-3-4-1-2-10-7(9)6(4)11-5/h1-3H,(H2,9,10). The largest absolute Gasteiger partial charge is 0.383 e. The van der Waals surface area contributed by atoms with Gasteiger partial charge in [0.1, 0.15) is 5.82 Å². The molecule has 0 amide bonds. The first-order valence-electron chi connectivity index (χ1n) is 3.07. The first-order chi connectivity index (χ1) is 5.27. The van der Waals surface area contributed by atoms with Gasteiger partial charge in [-0.1, -0.05) is 11.6 Å². The Morgan fingerprint density at radius 2 is 2.36 bits per heavy atom. The number of aromatic nitrogens is 1. The molecule has 2 aromatic heterocycles. The Hall–Kier alpha value is -0.800. The lowest BCUT2D eigenvalue weighted by atomic mass is 10.3. The van der Waals surface area contributed by atoms with Crippen LogP contribution in [0.2, 0.25) is 4.34 Å². The molecule has 0 aliphatic carbocycles. The van der Waals surface area contributed by atoms with Crippen LogP contribution in [-0.2, 0) is 0 Å². The lowest BCUT2D eigenvalue weighted by Crippen LogP contribution is -1.86. The van der Waals surface area contributed by atoms with Crippen LogP contribution in [0.25, 0.3) is 10.1 Å². The number of hydrogen-bond donors (Lipinski definition) is 1. The van der Waals surface area contributed by atoms with Gasteiger partial charge in [-0.15, -0.1) is 11.3 Å². The molecule has 0 aromatic carbocycles. The lowest BCUT2D eigenvalue weighted by Gasteiger charge is -1.90. The number of nitrogens with zero attached hydrogens (tertiary/aromatic N) is 1. The van der Waals surface area contributed by atoms with Crippen LogP contribution in [0.15, 0.2) is 18.3 Å². The summed E-state index contributed by atoms with van der Waals surface area (Å²) in [5.74, 6) is 0.555. The first kappa shape index (κ1) is 6.88. The van der Waals surface area contributed by atoms with Gasteiger partial charge in [0.15, 0.2) is 0 Å². The van der Waals surface area contributed by atoms with Gasteiger partial charge in [-0.25, -0.2) is 4.98 Å². The maximum Gasteiger partial charge on any atom is 0.141 e. The normalized spacial score (nSPS) is 10.6. The highest BCUT2D eigenvalue weighted by Crippen LogP contribution is 2.31. The molecule has 0 aliphatic rings. The van der Waals surface area contributed by atoms with Crippen LogP contribution in [-0.4, -0.2) is 4.98 Å². The maximum absolute atomic E-state index is 5.79. The number of nitrogen functional groups attached to an aromatic ring is 1. The van der Waals surface area contributed by atoms with E-state index >= 15 is 0 Å². The van der Waals surface area contributed by atoms with E-state index < -0.39 is 0 Å². The molecule has 0 spiro atoms. The highest BCUT2D eigenvalue weighted by atomic mass is 35.5. The van der Waals surface area contributed by atoms with E-state index in [9.17, 15) is 0 Å². The fourth-order valence-corrected chi connectivity index (χ4v) is 2.09. The van der Waals surface area contributed by atoms with Gasteiger partial charge in [0.25, 0.3) is 0 Å². The van der Waals surface area contributed by atoms with Crippen LogP contribution < -0.4 is 5.73 Å². The third kappa shape index (κ3) is 1.06. The van der Waals surface area contributed by atoms with Gasteiger partial charge in [0.2, 0.25) is 0 Å². The fourth-order valence-electron chi connectivity index (χ4n) is 0.954. The minimum atomic E-state index is 0.555. The van der Waals surface area contributed by atoms with Crippen molar-refractivity contribution >= 4 is 38.8 Å². The van der Waals surface area contributed by atoms with E-state index in [-0.39, 0.29) is 0 Å². The smallest absolute Gasteiger partial charge is 0.141 e. The summed E-state index contributed by atoms with van der Waals surface area (Å²) >= 11 is 7.25. The number of anilines is 1. The highest BCUT2D eigenvalue weighted by molar-refractivity contribution is 7.23. The van der Waals surface area contributed by atoms with Crippen molar-refractivity contribution in [3.63, 3.8) is 0 Å². The topological polar surface area (TPSA) is 38.9 Å². The predicted octanol–water partition coefficient (Wildman–Crippen LogP) is 2.53. The van der Waals surface area contributed by atoms with Crippen molar-refractivity contribution in [2.45, 2.75) is 0 Å². The molecule has 11 heavy (non-hydrogen) atoms. The van der Waals surface area contributed by atoms with Crippen LogP contribution in [0, 0.1) is 0 Å². The Morgan fingerprint density at radius 3 is 3.09 bits per heavy atom. The molecule has 2 heterocycles. The van der Waals surface area contributed by atoms with Crippen LogP contribution in [0.3, 0.4) is 0 Å². The van der Waals surface area contributed by atoms with Crippen LogP contribution in [0.4, 0.5) is 5.82 Å². The number of halogens is 1. The van der Waals surface area contributed by atoms with Crippen molar-refractivity contribution in [3.8, 4) is 0 Å². The molecule has 0 atom stereocenters. The van der Waals surface area contributed by atoms with Gasteiger partial charge < -0.3 is 5.73 Å². The predicted molar refractivity (Wildman–Crippen MR) is 49.0 cm³/mol. The van der Waals surface area contributed by atoms with E-state index in [1.807, 2.05) is 12.1 Å². The summed E-state index contributed by atoms with van der Waals surface area (Å²) in [7, 11) is 0. The molecular formula is C7H5ClN2S. The SMILES string of the molecule is Nc1nccc2cc(Cl)sc12. The number of rotatable bonds is 0. The molecule has 56 valence electrons. The first-order valence-corrected chi connectivity index (χ1v) is 4.26. The van der Waals surface area contributed by atoms with Crippen LogP contribution in [0.1, 0.15) is 0 Å². The summed E-state index contributed by atoms with van der Waals surface area (Å²) in [6, 6.07) is 3.79. The lowest BCUT2D eigenvalue weighted by molar-refractivity contribution is 1.38. The van der Waals surface area contributed by atoms with E-state index in [4.69, 9.17) is 17.3 Å². The Balaban J connectivity index is 2.90. The van der Waals surface area contributed by atoms with E-state index in [1.54, 1.807) is 6.20 Å². The summed E-state index contributed by atoms with van der Waals surface area (Å²) in [5.41, 5.74) is 5.61. The second-order valence-electron chi connectivity index (χ2n) is 2.17. The molecule has 0 aliphatic heterocycles. The maximum atomic E-state index is 5.79. The molecule has 0 saturated carbocycles. The summed E-state index contributed by atoms with van der Waals surface area (Å²) in [5, 5.41) is 1.06. The van der Waals surface area contributed by atoms with E-state index in [0.717, 1.165) is 14.4 Å². The second-order valence-corrected chi connectivity index (χ2v) is 3.85. The Labute approximate surface area is 72.6 Å². The van der Waals surface area contributed by atoms with Gasteiger partial charge >= 0.3 is 0 Å². The van der Waals surface area contributed by atoms with Crippen molar-refractivity contribution in [3.05, 3.63) is 22.7 Å². The van der Waals surface area contributed by atoms with Gasteiger partial charge in [-0.3, -0.25) is 0 Å². The summed E-state index contributed by atoms with van der Waals surface area (Å²) < 4.78 is 1.72. The molecule has 2 aromatic rings. The Morgan fingerprint density at radius 1 is 1.55 bits per heavy atom. The quantitative estimate of drug-likeness (QED) is 0.684. The zero-order chi connectivity index (χ0) is 7.84. The van der Waals surface area contributed by atoms with Crippen molar-refractivity contribution < 1.29 is 0 Å².